The first-order chi connectivity index (χ1) is 16.4. The van der Waals surface area contributed by atoms with Crippen molar-refractivity contribution in [3.63, 3.8) is 0 Å². The number of hydrogen-bond acceptors (Lipinski definition) is 5. The van der Waals surface area contributed by atoms with E-state index in [2.05, 4.69) is 47.2 Å². The van der Waals surface area contributed by atoms with Crippen molar-refractivity contribution in [3.8, 4) is 11.3 Å². The van der Waals surface area contributed by atoms with Gasteiger partial charge < -0.3 is 14.6 Å². The minimum Gasteiger partial charge on any atom is -0.459 e. The van der Waals surface area contributed by atoms with Gasteiger partial charge in [0.15, 0.2) is 5.11 Å². The molecular weight excluding hydrogens is 448 g/mol. The monoisotopic (exact) mass is 470 g/mol. The van der Waals surface area contributed by atoms with Crippen LogP contribution in [0, 0.1) is 24.0 Å². The molecule has 2 unspecified atom stereocenters. The molecule has 1 aliphatic rings. The highest BCUT2D eigenvalue weighted by Crippen LogP contribution is 2.43. The zero-order chi connectivity index (χ0) is 23.8. The first kappa shape index (κ1) is 21.8. The number of nitro groups is 1. The standard InChI is InChI=1S/C26H22N4O3S/c1-16-13-17(2)15-20(14-16)29-25(24(28-26(29)34)21-5-3-4-12-27-21)23-11-10-22(33-23)18-6-8-19(9-7-18)30(31)32/h3-15,24-25H,1-2H3,(H,28,34). The lowest BCUT2D eigenvalue weighted by Gasteiger charge is -2.26. The predicted octanol–water partition coefficient (Wildman–Crippen LogP) is 6.04. The molecule has 7 nitrogen and oxygen atoms in total. The van der Waals surface area contributed by atoms with E-state index in [0.29, 0.717) is 10.9 Å². The Morgan fingerprint density at radius 3 is 2.41 bits per heavy atom. The maximum Gasteiger partial charge on any atom is 0.269 e. The Labute approximate surface area is 202 Å². The summed E-state index contributed by atoms with van der Waals surface area (Å²) in [6.45, 7) is 4.13. The van der Waals surface area contributed by atoms with Gasteiger partial charge in [0.25, 0.3) is 5.69 Å². The molecule has 4 aromatic rings. The first-order valence-electron chi connectivity index (χ1n) is 10.8. The number of furan rings is 1. The lowest BCUT2D eigenvalue weighted by atomic mass is 10.0. The van der Waals surface area contributed by atoms with Crippen molar-refractivity contribution in [2.75, 3.05) is 4.90 Å². The van der Waals surface area contributed by atoms with Crippen molar-refractivity contribution in [2.24, 2.45) is 0 Å². The third-order valence-corrected chi connectivity index (χ3v) is 6.18. The molecule has 34 heavy (non-hydrogen) atoms. The molecule has 8 heteroatoms. The Bertz CT molecular complexity index is 1350. The van der Waals surface area contributed by atoms with E-state index in [0.717, 1.165) is 33.8 Å². The van der Waals surface area contributed by atoms with Crippen LogP contribution in [0.2, 0.25) is 0 Å². The maximum atomic E-state index is 11.0. The highest BCUT2D eigenvalue weighted by atomic mass is 32.1. The summed E-state index contributed by atoms with van der Waals surface area (Å²) in [5.74, 6) is 1.35. The van der Waals surface area contributed by atoms with Crippen molar-refractivity contribution in [1.29, 1.82) is 0 Å². The summed E-state index contributed by atoms with van der Waals surface area (Å²) in [4.78, 5) is 17.2. The van der Waals surface area contributed by atoms with Crippen LogP contribution in [0.3, 0.4) is 0 Å². The molecule has 3 heterocycles. The van der Waals surface area contributed by atoms with Gasteiger partial charge in [0, 0.05) is 29.6 Å². The van der Waals surface area contributed by atoms with E-state index >= 15 is 0 Å². The smallest absolute Gasteiger partial charge is 0.269 e. The number of nitrogens with one attached hydrogen (secondary N) is 1. The molecule has 0 radical (unpaired) electrons. The SMILES string of the molecule is Cc1cc(C)cc(N2C(=S)NC(c3ccccn3)C2c2ccc(-c3ccc([N+](=O)[O-])cc3)o2)c1. The van der Waals surface area contributed by atoms with Gasteiger partial charge in [-0.3, -0.25) is 15.1 Å². The normalized spacial score (nSPS) is 17.6. The van der Waals surface area contributed by atoms with Gasteiger partial charge in [0.05, 0.1) is 16.7 Å². The third kappa shape index (κ3) is 4.04. The minimum absolute atomic E-state index is 0.0390. The Morgan fingerprint density at radius 2 is 1.76 bits per heavy atom. The summed E-state index contributed by atoms with van der Waals surface area (Å²) in [5, 5.41) is 15.0. The molecule has 2 aromatic carbocycles. The summed E-state index contributed by atoms with van der Waals surface area (Å²) >= 11 is 5.78. The van der Waals surface area contributed by atoms with Gasteiger partial charge in [-0.1, -0.05) is 12.1 Å². The van der Waals surface area contributed by atoms with E-state index in [-0.39, 0.29) is 17.8 Å². The lowest BCUT2D eigenvalue weighted by molar-refractivity contribution is -0.384. The van der Waals surface area contributed by atoms with Crippen molar-refractivity contribution in [3.05, 3.63) is 112 Å². The number of hydrogen-bond donors (Lipinski definition) is 1. The number of non-ortho nitro benzene ring substituents is 1. The average Bonchev–Trinajstić information content (AvgIpc) is 3.43. The molecule has 2 aromatic heterocycles. The van der Waals surface area contributed by atoms with E-state index in [4.69, 9.17) is 16.6 Å². The summed E-state index contributed by atoms with van der Waals surface area (Å²) < 4.78 is 6.33. The van der Waals surface area contributed by atoms with E-state index in [9.17, 15) is 10.1 Å². The number of aromatic nitrogens is 1. The van der Waals surface area contributed by atoms with Crippen LogP contribution >= 0.6 is 12.2 Å². The second-order valence-electron chi connectivity index (χ2n) is 8.35. The molecule has 5 rings (SSSR count). The second kappa shape index (κ2) is 8.72. The fraction of sp³-hybridized carbons (Fsp3) is 0.154. The molecule has 0 amide bonds. The molecule has 1 N–H and O–H groups in total. The number of anilines is 1. The van der Waals surface area contributed by atoms with Gasteiger partial charge in [-0.25, -0.2) is 0 Å². The number of rotatable bonds is 5. The number of nitrogens with zero attached hydrogens (tertiary/aromatic N) is 3. The van der Waals surface area contributed by atoms with Gasteiger partial charge >= 0.3 is 0 Å². The van der Waals surface area contributed by atoms with Gasteiger partial charge in [-0.05, 0) is 85.7 Å². The molecule has 170 valence electrons. The van der Waals surface area contributed by atoms with E-state index in [1.807, 2.05) is 30.3 Å². The minimum atomic E-state index is -0.415. The number of aryl methyl sites for hydroxylation is 2. The predicted molar refractivity (Wildman–Crippen MR) is 135 cm³/mol. The molecule has 1 fully saturated rings. The molecule has 0 saturated carbocycles. The summed E-state index contributed by atoms with van der Waals surface area (Å²) in [6.07, 6.45) is 1.76. The van der Waals surface area contributed by atoms with Crippen LogP contribution in [0.4, 0.5) is 11.4 Å². The molecule has 0 aliphatic carbocycles. The van der Waals surface area contributed by atoms with Gasteiger partial charge in [0.1, 0.15) is 17.6 Å². The Morgan fingerprint density at radius 1 is 1.03 bits per heavy atom. The van der Waals surface area contributed by atoms with Crippen molar-refractivity contribution in [1.82, 2.24) is 10.3 Å². The van der Waals surface area contributed by atoms with Gasteiger partial charge in [0.2, 0.25) is 0 Å². The quantitative estimate of drug-likeness (QED) is 0.216. The van der Waals surface area contributed by atoms with E-state index in [1.165, 1.54) is 12.1 Å². The van der Waals surface area contributed by atoms with E-state index in [1.54, 1.807) is 18.3 Å². The third-order valence-electron chi connectivity index (χ3n) is 5.86. The average molecular weight is 471 g/mol. The highest BCUT2D eigenvalue weighted by Gasteiger charge is 2.42. The van der Waals surface area contributed by atoms with Crippen LogP contribution < -0.4 is 10.2 Å². The van der Waals surface area contributed by atoms with Crippen LogP contribution in [-0.2, 0) is 0 Å². The fourth-order valence-electron chi connectivity index (χ4n) is 4.43. The molecule has 1 saturated heterocycles. The summed E-state index contributed by atoms with van der Waals surface area (Å²) in [6, 6.07) is 21.8. The van der Waals surface area contributed by atoms with Crippen LogP contribution in [0.15, 0.2) is 83.4 Å². The van der Waals surface area contributed by atoms with Crippen LogP contribution in [-0.4, -0.2) is 15.0 Å². The zero-order valence-electron chi connectivity index (χ0n) is 18.6. The second-order valence-corrected chi connectivity index (χ2v) is 8.74. The van der Waals surface area contributed by atoms with E-state index < -0.39 is 4.92 Å². The number of benzene rings is 2. The Balaban J connectivity index is 1.58. The van der Waals surface area contributed by atoms with Gasteiger partial charge in [-0.15, -0.1) is 0 Å². The number of nitro benzene ring substituents is 1. The largest absolute Gasteiger partial charge is 0.459 e. The highest BCUT2D eigenvalue weighted by molar-refractivity contribution is 7.80. The fourth-order valence-corrected chi connectivity index (χ4v) is 4.77. The zero-order valence-corrected chi connectivity index (χ0v) is 19.5. The van der Waals surface area contributed by atoms with Crippen molar-refractivity contribution in [2.45, 2.75) is 25.9 Å². The molecule has 2 atom stereocenters. The van der Waals surface area contributed by atoms with Crippen LogP contribution in [0.1, 0.15) is 34.7 Å². The summed E-state index contributed by atoms with van der Waals surface area (Å²) in [7, 11) is 0. The van der Waals surface area contributed by atoms with Crippen molar-refractivity contribution >= 4 is 28.7 Å². The molecule has 0 spiro atoms. The maximum absolute atomic E-state index is 11.0. The lowest BCUT2D eigenvalue weighted by Crippen LogP contribution is -2.29. The molecule has 0 bridgehead atoms. The topological polar surface area (TPSA) is 84.4 Å². The molecular formula is C26H22N4O3S. The number of thiocarbonyl (C=S) groups is 1. The Kier molecular flexibility index (Phi) is 5.59. The molecule has 1 aliphatic heterocycles. The number of pyridine rings is 1. The van der Waals surface area contributed by atoms with Crippen LogP contribution in [0.5, 0.6) is 0 Å². The first-order valence-corrected chi connectivity index (χ1v) is 11.2. The van der Waals surface area contributed by atoms with Crippen molar-refractivity contribution < 1.29 is 9.34 Å². The Hall–Kier alpha value is -4.04. The summed E-state index contributed by atoms with van der Waals surface area (Å²) in [5.41, 5.74) is 4.92. The van der Waals surface area contributed by atoms with Gasteiger partial charge in [-0.2, -0.15) is 0 Å². The van der Waals surface area contributed by atoms with Crippen LogP contribution in [0.25, 0.3) is 11.3 Å².